The van der Waals surface area contributed by atoms with Crippen molar-refractivity contribution in [3.05, 3.63) is 105 Å². The van der Waals surface area contributed by atoms with E-state index < -0.39 is 11.6 Å². The second kappa shape index (κ2) is 9.64. The van der Waals surface area contributed by atoms with E-state index in [4.69, 9.17) is 4.74 Å². The Morgan fingerprint density at radius 2 is 1.26 bits per heavy atom. The van der Waals surface area contributed by atoms with E-state index in [-0.39, 0.29) is 17.1 Å². The van der Waals surface area contributed by atoms with Crippen molar-refractivity contribution in [1.82, 2.24) is 4.90 Å². The number of allylic oxidation sites excluding steroid dienone is 2. The number of benzene rings is 2. The second-order valence-electron chi connectivity index (χ2n) is 7.05. The van der Waals surface area contributed by atoms with Crippen LogP contribution in [0.15, 0.2) is 88.8 Å². The Morgan fingerprint density at radius 3 is 1.74 bits per heavy atom. The monoisotopic (exact) mass is 431 g/mol. The minimum Gasteiger partial charge on any atom is -0.378 e. The molecule has 0 spiro atoms. The summed E-state index contributed by atoms with van der Waals surface area (Å²) in [6.07, 6.45) is 0. The Morgan fingerprint density at radius 1 is 0.710 bits per heavy atom. The molecule has 1 aromatic heterocycles. The summed E-state index contributed by atoms with van der Waals surface area (Å²) in [6.45, 7) is 1.71. The highest BCUT2D eigenvalue weighted by atomic mass is 32.1. The first-order chi connectivity index (χ1) is 15.2. The summed E-state index contributed by atoms with van der Waals surface area (Å²) in [5.41, 5.74) is 1.24. The van der Waals surface area contributed by atoms with Gasteiger partial charge in [-0.25, -0.2) is 0 Å². The predicted octanol–water partition coefficient (Wildman–Crippen LogP) is 4.28. The highest BCUT2D eigenvalue weighted by Crippen LogP contribution is 2.25. The number of carbonyl (C=O) groups excluding carboxylic acids is 3. The van der Waals surface area contributed by atoms with Gasteiger partial charge in [-0.3, -0.25) is 14.4 Å². The molecule has 1 aliphatic rings. The van der Waals surface area contributed by atoms with E-state index in [9.17, 15) is 14.4 Å². The summed E-state index contributed by atoms with van der Waals surface area (Å²) in [7, 11) is 0. The molecule has 2 heterocycles. The van der Waals surface area contributed by atoms with Crippen LogP contribution < -0.4 is 0 Å². The molecule has 0 saturated carbocycles. The Bertz CT molecular complexity index is 1050. The van der Waals surface area contributed by atoms with Gasteiger partial charge in [0.2, 0.25) is 5.78 Å². The molecular weight excluding hydrogens is 410 g/mol. The fourth-order valence-corrected chi connectivity index (χ4v) is 4.15. The molecule has 1 saturated heterocycles. The molecule has 1 aliphatic heterocycles. The summed E-state index contributed by atoms with van der Waals surface area (Å²) >= 11 is 1.40. The number of morpholine rings is 1. The lowest BCUT2D eigenvalue weighted by atomic mass is 9.91. The average molecular weight is 432 g/mol. The van der Waals surface area contributed by atoms with E-state index in [1.54, 1.807) is 77.0 Å². The normalized spacial score (nSPS) is 13.5. The van der Waals surface area contributed by atoms with E-state index in [2.05, 4.69) is 0 Å². The molecule has 4 rings (SSSR count). The van der Waals surface area contributed by atoms with E-state index in [1.807, 2.05) is 5.38 Å². The lowest BCUT2D eigenvalue weighted by Crippen LogP contribution is -2.40. The van der Waals surface area contributed by atoms with Gasteiger partial charge in [-0.15, -0.1) is 0 Å². The molecular formula is C25H21NO4S. The van der Waals surface area contributed by atoms with Crippen molar-refractivity contribution in [2.24, 2.45) is 0 Å². The molecule has 1 fully saturated rings. The van der Waals surface area contributed by atoms with Crippen LogP contribution in [0.2, 0.25) is 0 Å². The highest BCUT2D eigenvalue weighted by Gasteiger charge is 2.33. The van der Waals surface area contributed by atoms with Crippen LogP contribution >= 0.6 is 11.3 Å². The van der Waals surface area contributed by atoms with Crippen LogP contribution in [-0.4, -0.2) is 48.6 Å². The maximum absolute atomic E-state index is 13.6. The Kier molecular flexibility index (Phi) is 6.50. The fraction of sp³-hybridized carbons (Fsp3) is 0.160. The topological polar surface area (TPSA) is 63.7 Å². The summed E-state index contributed by atoms with van der Waals surface area (Å²) < 4.78 is 5.45. The van der Waals surface area contributed by atoms with E-state index in [1.165, 1.54) is 11.3 Å². The van der Waals surface area contributed by atoms with Crippen molar-refractivity contribution in [2.75, 3.05) is 26.3 Å². The Hall–Kier alpha value is -3.35. The zero-order chi connectivity index (χ0) is 21.6. The van der Waals surface area contributed by atoms with Gasteiger partial charge in [0.1, 0.15) is 5.70 Å². The van der Waals surface area contributed by atoms with Crippen LogP contribution in [0.5, 0.6) is 0 Å². The summed E-state index contributed by atoms with van der Waals surface area (Å²) in [6, 6.07) is 18.9. The third kappa shape index (κ3) is 4.55. The fourth-order valence-electron chi connectivity index (χ4n) is 3.52. The van der Waals surface area contributed by atoms with Gasteiger partial charge in [0.15, 0.2) is 11.6 Å². The largest absolute Gasteiger partial charge is 0.378 e. The molecule has 5 nitrogen and oxygen atoms in total. The third-order valence-corrected chi connectivity index (χ3v) is 5.77. The molecule has 0 unspecified atom stereocenters. The molecule has 0 radical (unpaired) electrons. The Labute approximate surface area is 184 Å². The molecule has 6 heteroatoms. The lowest BCUT2D eigenvalue weighted by molar-refractivity contribution is 0.0495. The van der Waals surface area contributed by atoms with E-state index in [0.29, 0.717) is 43.0 Å². The predicted molar refractivity (Wildman–Crippen MR) is 120 cm³/mol. The number of Topliss-reactive ketones (excluding diaryl/α,β-unsaturated/α-hetero) is 3. The summed E-state index contributed by atoms with van der Waals surface area (Å²) in [5.74, 6) is -1.24. The van der Waals surface area contributed by atoms with Crippen LogP contribution in [0.3, 0.4) is 0 Å². The first-order valence-corrected chi connectivity index (χ1v) is 10.9. The minimum atomic E-state index is -0.459. The van der Waals surface area contributed by atoms with Crippen LogP contribution in [0, 0.1) is 0 Å². The second-order valence-corrected chi connectivity index (χ2v) is 7.83. The number of ether oxygens (including phenoxy) is 1. The van der Waals surface area contributed by atoms with Gasteiger partial charge in [-0.2, -0.15) is 11.3 Å². The molecule has 3 aromatic rings. The molecule has 0 bridgehead atoms. The van der Waals surface area contributed by atoms with Crippen LogP contribution in [-0.2, 0) is 4.74 Å². The lowest BCUT2D eigenvalue weighted by Gasteiger charge is -2.31. The van der Waals surface area contributed by atoms with Crippen LogP contribution in [0.4, 0.5) is 0 Å². The molecule has 0 atom stereocenters. The van der Waals surface area contributed by atoms with Gasteiger partial charge >= 0.3 is 0 Å². The zero-order valence-electron chi connectivity index (χ0n) is 16.8. The quantitative estimate of drug-likeness (QED) is 0.242. The minimum absolute atomic E-state index is 0.101. The first kappa shape index (κ1) is 20.9. The number of rotatable bonds is 7. The highest BCUT2D eigenvalue weighted by molar-refractivity contribution is 7.08. The van der Waals surface area contributed by atoms with Crippen molar-refractivity contribution < 1.29 is 19.1 Å². The van der Waals surface area contributed by atoms with E-state index in [0.717, 1.165) is 0 Å². The standard InChI is InChI=1S/C25H21NO4S/c27-23(18-7-3-1-4-8-18)21(24(28)19-9-5-2-6-10-19)22(26-12-14-30-15-13-26)25(29)20-11-16-31-17-20/h1-11,16-17H,12-15H2. The van der Waals surface area contributed by atoms with Crippen molar-refractivity contribution >= 4 is 28.7 Å². The number of ketones is 3. The van der Waals surface area contributed by atoms with Crippen molar-refractivity contribution in [2.45, 2.75) is 0 Å². The molecule has 0 aliphatic carbocycles. The van der Waals surface area contributed by atoms with Crippen LogP contribution in [0.25, 0.3) is 0 Å². The van der Waals surface area contributed by atoms with Gasteiger partial charge < -0.3 is 9.64 Å². The van der Waals surface area contributed by atoms with E-state index >= 15 is 0 Å². The smallest absolute Gasteiger partial charge is 0.210 e. The van der Waals surface area contributed by atoms with Gasteiger partial charge in [0.05, 0.1) is 18.8 Å². The van der Waals surface area contributed by atoms with Gasteiger partial charge in [-0.1, -0.05) is 60.7 Å². The average Bonchev–Trinajstić information content (AvgIpc) is 3.38. The van der Waals surface area contributed by atoms with Crippen LogP contribution in [0.1, 0.15) is 31.1 Å². The maximum atomic E-state index is 13.6. The molecule has 2 aromatic carbocycles. The van der Waals surface area contributed by atoms with Gasteiger partial charge in [0.25, 0.3) is 0 Å². The molecule has 31 heavy (non-hydrogen) atoms. The summed E-state index contributed by atoms with van der Waals surface area (Å²) in [4.78, 5) is 42.6. The number of carbonyl (C=O) groups is 3. The van der Waals surface area contributed by atoms with Crippen molar-refractivity contribution in [3.63, 3.8) is 0 Å². The number of hydrogen-bond donors (Lipinski definition) is 0. The zero-order valence-corrected chi connectivity index (χ0v) is 17.6. The van der Waals surface area contributed by atoms with Gasteiger partial charge in [0, 0.05) is 35.2 Å². The number of nitrogens with zero attached hydrogens (tertiary/aromatic N) is 1. The Balaban J connectivity index is 1.93. The van der Waals surface area contributed by atoms with Crippen molar-refractivity contribution in [1.29, 1.82) is 0 Å². The SMILES string of the molecule is O=C(C(C(=O)c1ccccc1)=C(C(=O)c1ccsc1)N1CCOCC1)c1ccccc1. The van der Waals surface area contributed by atoms with Crippen molar-refractivity contribution in [3.8, 4) is 0 Å². The first-order valence-electron chi connectivity index (χ1n) is 10.00. The maximum Gasteiger partial charge on any atom is 0.210 e. The van der Waals surface area contributed by atoms with Gasteiger partial charge in [-0.05, 0) is 11.4 Å². The molecule has 0 amide bonds. The summed E-state index contributed by atoms with van der Waals surface area (Å²) in [5, 5.41) is 3.54. The number of hydrogen-bond acceptors (Lipinski definition) is 6. The molecule has 156 valence electrons. The third-order valence-electron chi connectivity index (χ3n) is 5.09. The molecule has 0 N–H and O–H groups in total. The number of thiophene rings is 1.